The van der Waals surface area contributed by atoms with Gasteiger partial charge >= 0.3 is 0 Å². The fraction of sp³-hybridized carbons (Fsp3) is 1.00. The van der Waals surface area contributed by atoms with Crippen LogP contribution in [0.1, 0.15) is 57.8 Å². The number of hydrogen-bond donors (Lipinski definition) is 1. The monoisotopic (exact) mass is 265 g/mol. The molecule has 2 heterocycles. The highest BCUT2D eigenvalue weighted by Gasteiger charge is 2.44. The van der Waals surface area contributed by atoms with Crippen LogP contribution >= 0.6 is 0 Å². The van der Waals surface area contributed by atoms with E-state index in [-0.39, 0.29) is 5.60 Å². The van der Waals surface area contributed by atoms with Crippen molar-refractivity contribution in [2.75, 3.05) is 13.2 Å². The van der Waals surface area contributed by atoms with Gasteiger partial charge in [0.05, 0.1) is 11.7 Å². The van der Waals surface area contributed by atoms with Crippen LogP contribution in [0.4, 0.5) is 0 Å². The molecule has 0 aromatic rings. The smallest absolute Gasteiger partial charge is 0.0757 e. The summed E-state index contributed by atoms with van der Waals surface area (Å²) in [6.45, 7) is 1.92. The molecule has 19 heavy (non-hydrogen) atoms. The molecule has 1 N–H and O–H groups in total. The molecule has 4 aliphatic rings. The van der Waals surface area contributed by atoms with Crippen LogP contribution in [0.2, 0.25) is 0 Å². The maximum Gasteiger partial charge on any atom is 0.0757 e. The molecular formula is C16H27NO2. The highest BCUT2D eigenvalue weighted by molar-refractivity contribution is 4.98. The molecule has 2 aliphatic heterocycles. The number of nitrogens with one attached hydrogen (secondary N) is 1. The summed E-state index contributed by atoms with van der Waals surface area (Å²) in [7, 11) is 0. The minimum atomic E-state index is 0.241. The Labute approximate surface area is 116 Å². The second-order valence-electron chi connectivity index (χ2n) is 7.16. The van der Waals surface area contributed by atoms with Crippen molar-refractivity contribution in [2.45, 2.75) is 81.6 Å². The van der Waals surface area contributed by atoms with E-state index in [0.29, 0.717) is 18.2 Å². The van der Waals surface area contributed by atoms with Crippen molar-refractivity contribution in [1.29, 1.82) is 0 Å². The van der Waals surface area contributed by atoms with Crippen molar-refractivity contribution in [3.05, 3.63) is 0 Å². The van der Waals surface area contributed by atoms with Gasteiger partial charge in [-0.15, -0.1) is 0 Å². The molecule has 0 aromatic heterocycles. The van der Waals surface area contributed by atoms with Crippen LogP contribution in [0.3, 0.4) is 0 Å². The zero-order valence-corrected chi connectivity index (χ0v) is 11.9. The molecule has 108 valence electrons. The SMILES string of the molecule is C1CCC2(C1)CC(NC1CCOC1C1CC1)CCO2. The molecule has 3 heteroatoms. The molecule has 1 spiro atoms. The van der Waals surface area contributed by atoms with E-state index in [1.54, 1.807) is 0 Å². The maximum absolute atomic E-state index is 6.14. The van der Waals surface area contributed by atoms with Gasteiger partial charge in [-0.25, -0.2) is 0 Å². The van der Waals surface area contributed by atoms with Crippen molar-refractivity contribution in [3.8, 4) is 0 Å². The lowest BCUT2D eigenvalue weighted by Gasteiger charge is -2.40. The van der Waals surface area contributed by atoms with Gasteiger partial charge < -0.3 is 14.8 Å². The third-order valence-electron chi connectivity index (χ3n) is 5.68. The van der Waals surface area contributed by atoms with E-state index in [1.807, 2.05) is 0 Å². The van der Waals surface area contributed by atoms with Crippen LogP contribution in [0, 0.1) is 5.92 Å². The summed E-state index contributed by atoms with van der Waals surface area (Å²) in [4.78, 5) is 0. The maximum atomic E-state index is 6.14. The Morgan fingerprint density at radius 2 is 1.79 bits per heavy atom. The van der Waals surface area contributed by atoms with E-state index in [1.165, 1.54) is 57.8 Å². The Kier molecular flexibility index (Phi) is 3.33. The number of rotatable bonds is 3. The van der Waals surface area contributed by atoms with E-state index in [4.69, 9.17) is 9.47 Å². The second-order valence-corrected chi connectivity index (χ2v) is 7.16. The van der Waals surface area contributed by atoms with Crippen molar-refractivity contribution in [2.24, 2.45) is 5.92 Å². The van der Waals surface area contributed by atoms with Crippen LogP contribution < -0.4 is 5.32 Å². The predicted octanol–water partition coefficient (Wildman–Crippen LogP) is 2.64. The third-order valence-corrected chi connectivity index (χ3v) is 5.68. The Bertz CT molecular complexity index is 323. The molecule has 4 fully saturated rings. The lowest BCUT2D eigenvalue weighted by Crippen LogP contribution is -2.50. The van der Waals surface area contributed by atoms with Gasteiger partial charge in [0.25, 0.3) is 0 Å². The van der Waals surface area contributed by atoms with Gasteiger partial charge in [-0.1, -0.05) is 12.8 Å². The van der Waals surface area contributed by atoms with Gasteiger partial charge in [0.15, 0.2) is 0 Å². The Balaban J connectivity index is 1.36. The molecule has 0 aromatic carbocycles. The molecule has 0 bridgehead atoms. The molecular weight excluding hydrogens is 238 g/mol. The lowest BCUT2D eigenvalue weighted by atomic mass is 9.88. The average Bonchev–Trinajstić information content (AvgIpc) is 3.01. The quantitative estimate of drug-likeness (QED) is 0.851. The average molecular weight is 265 g/mol. The van der Waals surface area contributed by atoms with Gasteiger partial charge in [-0.05, 0) is 50.9 Å². The summed E-state index contributed by atoms with van der Waals surface area (Å²) in [5.41, 5.74) is 0.241. The summed E-state index contributed by atoms with van der Waals surface area (Å²) in [6.07, 6.45) is 12.2. The van der Waals surface area contributed by atoms with E-state index in [9.17, 15) is 0 Å². The topological polar surface area (TPSA) is 30.5 Å². The van der Waals surface area contributed by atoms with Gasteiger partial charge in [0, 0.05) is 25.3 Å². The highest BCUT2D eigenvalue weighted by atomic mass is 16.5. The summed E-state index contributed by atoms with van der Waals surface area (Å²) in [6, 6.07) is 1.29. The van der Waals surface area contributed by atoms with Crippen molar-refractivity contribution < 1.29 is 9.47 Å². The van der Waals surface area contributed by atoms with Crippen LogP contribution in [0.15, 0.2) is 0 Å². The van der Waals surface area contributed by atoms with Crippen molar-refractivity contribution in [3.63, 3.8) is 0 Å². The molecule has 2 aliphatic carbocycles. The zero-order chi connectivity index (χ0) is 12.7. The fourth-order valence-corrected chi connectivity index (χ4v) is 4.52. The standard InChI is InChI=1S/C16H27NO2/c1-2-8-16(7-1)11-13(5-10-19-16)17-14-6-9-18-15(14)12-3-4-12/h12-15,17H,1-11H2. The lowest BCUT2D eigenvalue weighted by molar-refractivity contribution is -0.0857. The van der Waals surface area contributed by atoms with E-state index >= 15 is 0 Å². The van der Waals surface area contributed by atoms with Gasteiger partial charge in [-0.2, -0.15) is 0 Å². The van der Waals surface area contributed by atoms with E-state index in [2.05, 4.69) is 5.32 Å². The molecule has 4 rings (SSSR count). The first-order valence-corrected chi connectivity index (χ1v) is 8.36. The first-order chi connectivity index (χ1) is 9.35. The van der Waals surface area contributed by atoms with Gasteiger partial charge in [0.2, 0.25) is 0 Å². The zero-order valence-electron chi connectivity index (χ0n) is 11.9. The predicted molar refractivity (Wildman–Crippen MR) is 74.2 cm³/mol. The normalized spacial score (nSPS) is 42.0. The van der Waals surface area contributed by atoms with Crippen LogP contribution in [-0.4, -0.2) is 37.0 Å². The minimum absolute atomic E-state index is 0.241. The van der Waals surface area contributed by atoms with Crippen LogP contribution in [-0.2, 0) is 9.47 Å². The Morgan fingerprint density at radius 1 is 0.947 bits per heavy atom. The number of hydrogen-bond acceptors (Lipinski definition) is 3. The Morgan fingerprint density at radius 3 is 2.58 bits per heavy atom. The van der Waals surface area contributed by atoms with Gasteiger partial charge in [-0.3, -0.25) is 0 Å². The van der Waals surface area contributed by atoms with Crippen molar-refractivity contribution >= 4 is 0 Å². The molecule has 3 atom stereocenters. The Hall–Kier alpha value is -0.120. The van der Waals surface area contributed by atoms with Crippen LogP contribution in [0.25, 0.3) is 0 Å². The molecule has 3 unspecified atom stereocenters. The second kappa shape index (κ2) is 5.01. The first kappa shape index (κ1) is 12.6. The molecule has 2 saturated carbocycles. The van der Waals surface area contributed by atoms with Crippen molar-refractivity contribution in [1.82, 2.24) is 5.32 Å². The van der Waals surface area contributed by atoms with E-state index in [0.717, 1.165) is 19.1 Å². The minimum Gasteiger partial charge on any atom is -0.376 e. The fourth-order valence-electron chi connectivity index (χ4n) is 4.52. The summed E-state index contributed by atoms with van der Waals surface area (Å²) in [5.74, 6) is 0.861. The largest absolute Gasteiger partial charge is 0.376 e. The third kappa shape index (κ3) is 2.57. The molecule has 2 saturated heterocycles. The first-order valence-electron chi connectivity index (χ1n) is 8.36. The van der Waals surface area contributed by atoms with E-state index < -0.39 is 0 Å². The van der Waals surface area contributed by atoms with Gasteiger partial charge in [0.1, 0.15) is 0 Å². The number of ether oxygens (including phenoxy) is 2. The summed E-state index contributed by atoms with van der Waals surface area (Å²) < 4.78 is 12.1. The highest BCUT2D eigenvalue weighted by Crippen LogP contribution is 2.42. The molecule has 0 radical (unpaired) electrons. The molecule has 0 amide bonds. The summed E-state index contributed by atoms with van der Waals surface area (Å²) >= 11 is 0. The molecule has 3 nitrogen and oxygen atoms in total. The summed E-state index contributed by atoms with van der Waals surface area (Å²) in [5, 5.41) is 3.94. The van der Waals surface area contributed by atoms with Crippen LogP contribution in [0.5, 0.6) is 0 Å².